The van der Waals surface area contributed by atoms with Gasteiger partial charge in [0.05, 0.1) is 17.6 Å². The van der Waals surface area contributed by atoms with Crippen molar-refractivity contribution in [3.63, 3.8) is 0 Å². The van der Waals surface area contributed by atoms with Crippen molar-refractivity contribution in [3.05, 3.63) is 65.4 Å². The van der Waals surface area contributed by atoms with Crippen molar-refractivity contribution in [3.8, 4) is 0 Å². The molecule has 0 aliphatic carbocycles. The molecule has 0 unspecified atom stereocenters. The number of halogens is 1. The molecule has 0 amide bonds. The average Bonchev–Trinajstić information content (AvgIpc) is 2.76. The fourth-order valence-electron chi connectivity index (χ4n) is 3.02. The second-order valence-electron chi connectivity index (χ2n) is 7.16. The summed E-state index contributed by atoms with van der Waals surface area (Å²) in [4.78, 5) is 8.47. The highest BCUT2D eigenvalue weighted by molar-refractivity contribution is 7.89. The maximum Gasteiger partial charge on any atom is 0.238 e. The molecule has 0 aliphatic heterocycles. The van der Waals surface area contributed by atoms with E-state index in [1.54, 1.807) is 24.3 Å². The Morgan fingerprint density at radius 2 is 1.66 bits per heavy atom. The molecule has 8 nitrogen and oxygen atoms in total. The van der Waals surface area contributed by atoms with Gasteiger partial charge in [0.15, 0.2) is 0 Å². The Bertz CT molecular complexity index is 1150. The number of sulfonamides is 1. The minimum absolute atomic E-state index is 0.000137. The molecule has 1 heterocycles. The second-order valence-corrected chi connectivity index (χ2v) is 9.16. The van der Waals surface area contributed by atoms with Gasteiger partial charge in [-0.1, -0.05) is 31.5 Å². The van der Waals surface area contributed by atoms with Gasteiger partial charge in [-0.05, 0) is 49.2 Å². The summed E-state index contributed by atoms with van der Waals surface area (Å²) < 4.78 is 29.7. The van der Waals surface area contributed by atoms with Gasteiger partial charge in [0.25, 0.3) is 0 Å². The lowest BCUT2D eigenvalue weighted by molar-refractivity contribution is 0.0361. The standard InChI is InChI=1S/C22H26ClN5O3S/c1-3-18(4-2)31-13-15-5-10-19(32(24,29)30)11-20(15)28-22-12-21(25-14-26-22)27-17-8-6-16(23)7-9-17/h5-12,14,18H,3-4,13H2,1-2H3,(H2,24,29,30)(H2,25,26,27,28). The summed E-state index contributed by atoms with van der Waals surface area (Å²) in [5, 5.41) is 12.3. The van der Waals surface area contributed by atoms with Crippen molar-refractivity contribution in [2.75, 3.05) is 10.6 Å². The van der Waals surface area contributed by atoms with Crippen LogP contribution < -0.4 is 15.8 Å². The van der Waals surface area contributed by atoms with Crippen molar-refractivity contribution in [2.24, 2.45) is 5.14 Å². The molecule has 0 fully saturated rings. The maximum absolute atomic E-state index is 11.9. The molecule has 0 saturated carbocycles. The molecule has 10 heteroatoms. The normalized spacial score (nSPS) is 11.5. The fourth-order valence-corrected chi connectivity index (χ4v) is 3.69. The summed E-state index contributed by atoms with van der Waals surface area (Å²) >= 11 is 5.93. The number of nitrogens with zero attached hydrogens (tertiary/aromatic N) is 2. The van der Waals surface area contributed by atoms with E-state index in [9.17, 15) is 8.42 Å². The summed E-state index contributed by atoms with van der Waals surface area (Å²) in [5.41, 5.74) is 2.14. The molecule has 2 aromatic carbocycles. The monoisotopic (exact) mass is 475 g/mol. The minimum Gasteiger partial charge on any atom is -0.373 e. The van der Waals surface area contributed by atoms with Crippen LogP contribution >= 0.6 is 11.6 Å². The summed E-state index contributed by atoms with van der Waals surface area (Å²) in [6.45, 7) is 4.45. The van der Waals surface area contributed by atoms with E-state index in [1.807, 2.05) is 12.1 Å². The molecule has 0 atom stereocenters. The first-order valence-electron chi connectivity index (χ1n) is 10.2. The summed E-state index contributed by atoms with van der Waals surface area (Å²) in [6, 6.07) is 13.6. The van der Waals surface area contributed by atoms with Crippen molar-refractivity contribution < 1.29 is 13.2 Å². The molecule has 3 rings (SSSR count). The number of anilines is 4. The molecule has 1 aromatic heterocycles. The molecular formula is C22H26ClN5O3S. The van der Waals surface area contributed by atoms with Crippen LogP contribution in [0, 0.1) is 0 Å². The molecule has 170 valence electrons. The van der Waals surface area contributed by atoms with E-state index in [1.165, 1.54) is 18.5 Å². The van der Waals surface area contributed by atoms with E-state index in [0.717, 1.165) is 24.1 Å². The highest BCUT2D eigenvalue weighted by Gasteiger charge is 2.14. The number of primary sulfonamides is 1. The molecule has 0 bridgehead atoms. The Kier molecular flexibility index (Phi) is 8.03. The predicted molar refractivity (Wildman–Crippen MR) is 127 cm³/mol. The molecule has 32 heavy (non-hydrogen) atoms. The van der Waals surface area contributed by atoms with Gasteiger partial charge in [-0.15, -0.1) is 0 Å². The van der Waals surface area contributed by atoms with Crippen LogP contribution in [0.2, 0.25) is 5.02 Å². The Hall–Kier alpha value is -2.72. The summed E-state index contributed by atoms with van der Waals surface area (Å²) in [7, 11) is -3.86. The van der Waals surface area contributed by atoms with E-state index in [0.29, 0.717) is 29.0 Å². The lowest BCUT2D eigenvalue weighted by Gasteiger charge is -2.17. The molecule has 3 aromatic rings. The highest BCUT2D eigenvalue weighted by Crippen LogP contribution is 2.26. The van der Waals surface area contributed by atoms with Gasteiger partial charge in [-0.2, -0.15) is 0 Å². The van der Waals surface area contributed by atoms with E-state index in [2.05, 4.69) is 34.4 Å². The lowest BCUT2D eigenvalue weighted by Crippen LogP contribution is -2.14. The van der Waals surface area contributed by atoms with Crippen LogP contribution in [0.25, 0.3) is 0 Å². The number of ether oxygens (including phenoxy) is 1. The average molecular weight is 476 g/mol. The van der Waals surface area contributed by atoms with Gasteiger partial charge >= 0.3 is 0 Å². The number of aromatic nitrogens is 2. The third-order valence-corrected chi connectivity index (χ3v) is 6.00. The Labute approximate surface area is 193 Å². The number of rotatable bonds is 10. The number of nitrogens with two attached hydrogens (primary N) is 1. The second kappa shape index (κ2) is 10.7. The van der Waals surface area contributed by atoms with E-state index in [-0.39, 0.29) is 11.0 Å². The van der Waals surface area contributed by atoms with Crippen LogP contribution in [0.15, 0.2) is 59.8 Å². The first kappa shape index (κ1) is 23.9. The Balaban J connectivity index is 1.86. The van der Waals surface area contributed by atoms with Gasteiger partial charge < -0.3 is 15.4 Å². The van der Waals surface area contributed by atoms with Crippen LogP contribution in [-0.2, 0) is 21.4 Å². The number of hydrogen-bond acceptors (Lipinski definition) is 7. The van der Waals surface area contributed by atoms with Crippen LogP contribution in [0.1, 0.15) is 32.3 Å². The van der Waals surface area contributed by atoms with E-state index >= 15 is 0 Å². The SMILES string of the molecule is CCC(CC)OCc1ccc(S(N)(=O)=O)cc1Nc1cc(Nc2ccc(Cl)cc2)ncn1. The Morgan fingerprint density at radius 1 is 1.00 bits per heavy atom. The molecule has 0 saturated heterocycles. The van der Waals surface area contributed by atoms with E-state index in [4.69, 9.17) is 21.5 Å². The first-order valence-corrected chi connectivity index (χ1v) is 12.1. The summed E-state index contributed by atoms with van der Waals surface area (Å²) in [5.74, 6) is 1.04. The number of hydrogen-bond donors (Lipinski definition) is 3. The molecular weight excluding hydrogens is 450 g/mol. The van der Waals surface area contributed by atoms with Crippen molar-refractivity contribution in [2.45, 2.75) is 44.3 Å². The third kappa shape index (κ3) is 6.64. The number of nitrogens with one attached hydrogen (secondary N) is 2. The minimum atomic E-state index is -3.86. The molecule has 0 aliphatic rings. The van der Waals surface area contributed by atoms with Gasteiger partial charge in [-0.25, -0.2) is 23.5 Å². The van der Waals surface area contributed by atoms with Crippen LogP contribution in [-0.4, -0.2) is 24.5 Å². The van der Waals surface area contributed by atoms with Gasteiger partial charge in [0.2, 0.25) is 10.0 Å². The van der Waals surface area contributed by atoms with E-state index < -0.39 is 10.0 Å². The van der Waals surface area contributed by atoms with Crippen molar-refractivity contribution >= 4 is 44.6 Å². The topological polar surface area (TPSA) is 119 Å². The molecule has 4 N–H and O–H groups in total. The van der Waals surface area contributed by atoms with Crippen molar-refractivity contribution in [1.82, 2.24) is 9.97 Å². The third-order valence-electron chi connectivity index (χ3n) is 4.84. The largest absolute Gasteiger partial charge is 0.373 e. The predicted octanol–water partition coefficient (Wildman–Crippen LogP) is 4.97. The van der Waals surface area contributed by atoms with Crippen molar-refractivity contribution in [1.29, 1.82) is 0 Å². The Morgan fingerprint density at radius 3 is 2.28 bits per heavy atom. The quantitative estimate of drug-likeness (QED) is 0.378. The first-order chi connectivity index (χ1) is 15.3. The molecule has 0 radical (unpaired) electrons. The zero-order valence-corrected chi connectivity index (χ0v) is 19.4. The smallest absolute Gasteiger partial charge is 0.238 e. The van der Waals surface area contributed by atoms with Gasteiger partial charge in [0, 0.05) is 28.0 Å². The lowest BCUT2D eigenvalue weighted by atomic mass is 10.1. The zero-order valence-electron chi connectivity index (χ0n) is 17.9. The van der Waals surface area contributed by atoms with Crippen LogP contribution in [0.4, 0.5) is 23.0 Å². The van der Waals surface area contributed by atoms with Crippen LogP contribution in [0.5, 0.6) is 0 Å². The maximum atomic E-state index is 11.9. The molecule has 0 spiro atoms. The number of benzene rings is 2. The zero-order chi connectivity index (χ0) is 23.1. The van der Waals surface area contributed by atoms with Crippen LogP contribution in [0.3, 0.4) is 0 Å². The van der Waals surface area contributed by atoms with Gasteiger partial charge in [-0.3, -0.25) is 0 Å². The summed E-state index contributed by atoms with van der Waals surface area (Å²) in [6.07, 6.45) is 3.31. The highest BCUT2D eigenvalue weighted by atomic mass is 35.5. The fraction of sp³-hybridized carbons (Fsp3) is 0.273. The van der Waals surface area contributed by atoms with Gasteiger partial charge in [0.1, 0.15) is 18.0 Å².